The number of thiazole rings is 1. The molecule has 4 aromatic rings. The fourth-order valence-electron chi connectivity index (χ4n) is 3.87. The SMILES string of the molecule is O=C(N[C@@H]1CCC[C@H]1Nc1nc2ccc(F)cc2s1)c1ccccc1-n1ccnn1. The van der Waals surface area contributed by atoms with Crippen LogP contribution in [0, 0.1) is 5.82 Å². The third kappa shape index (κ3) is 3.63. The average molecular weight is 422 g/mol. The molecular formula is C21H19FN6OS. The zero-order valence-corrected chi connectivity index (χ0v) is 16.8. The third-order valence-corrected chi connectivity index (χ3v) is 6.26. The lowest BCUT2D eigenvalue weighted by atomic mass is 10.1. The van der Waals surface area contributed by atoms with Crippen LogP contribution >= 0.6 is 11.3 Å². The minimum atomic E-state index is -0.269. The van der Waals surface area contributed by atoms with Crippen molar-refractivity contribution < 1.29 is 9.18 Å². The lowest BCUT2D eigenvalue weighted by molar-refractivity contribution is 0.0935. The zero-order valence-electron chi connectivity index (χ0n) is 16.0. The molecule has 0 bridgehead atoms. The number of nitrogens with zero attached hydrogens (tertiary/aromatic N) is 4. The molecule has 2 aromatic heterocycles. The van der Waals surface area contributed by atoms with Gasteiger partial charge in [-0.3, -0.25) is 4.79 Å². The first kappa shape index (κ1) is 18.7. The first-order chi connectivity index (χ1) is 14.7. The molecule has 30 heavy (non-hydrogen) atoms. The standard InChI is InChI=1S/C21H19FN6OS/c22-13-8-9-17-19(12-13)30-21(26-17)25-16-6-3-5-15(16)24-20(29)14-4-1-2-7-18(14)28-11-10-23-27-28/h1-2,4,7-12,15-16H,3,5-6H2,(H,24,29)(H,25,26)/t15-,16-/m1/s1. The van der Waals surface area contributed by atoms with Crippen LogP contribution in [0.15, 0.2) is 54.9 Å². The van der Waals surface area contributed by atoms with E-state index in [-0.39, 0.29) is 23.8 Å². The van der Waals surface area contributed by atoms with Crippen LogP contribution < -0.4 is 10.6 Å². The monoisotopic (exact) mass is 422 g/mol. The van der Waals surface area contributed by atoms with E-state index in [0.717, 1.165) is 34.6 Å². The van der Waals surface area contributed by atoms with E-state index in [0.29, 0.717) is 11.3 Å². The Morgan fingerprint density at radius 2 is 2.03 bits per heavy atom. The first-order valence-electron chi connectivity index (χ1n) is 9.76. The molecule has 152 valence electrons. The highest BCUT2D eigenvalue weighted by Gasteiger charge is 2.30. The van der Waals surface area contributed by atoms with Crippen molar-refractivity contribution >= 4 is 32.6 Å². The van der Waals surface area contributed by atoms with Gasteiger partial charge >= 0.3 is 0 Å². The first-order valence-corrected chi connectivity index (χ1v) is 10.6. The van der Waals surface area contributed by atoms with E-state index >= 15 is 0 Å². The topological polar surface area (TPSA) is 84.7 Å². The second-order valence-electron chi connectivity index (χ2n) is 7.26. The molecule has 1 aliphatic rings. The molecule has 2 aromatic carbocycles. The van der Waals surface area contributed by atoms with Gasteiger partial charge in [0, 0.05) is 12.1 Å². The summed E-state index contributed by atoms with van der Waals surface area (Å²) in [6.45, 7) is 0. The van der Waals surface area contributed by atoms with E-state index < -0.39 is 0 Å². The molecule has 1 aliphatic carbocycles. The fourth-order valence-corrected chi connectivity index (χ4v) is 4.82. The number of anilines is 1. The van der Waals surface area contributed by atoms with Crippen LogP contribution in [0.25, 0.3) is 15.9 Å². The predicted octanol–water partition coefficient (Wildman–Crippen LogP) is 3.78. The molecule has 2 N–H and O–H groups in total. The van der Waals surface area contributed by atoms with Gasteiger partial charge in [0.1, 0.15) is 5.82 Å². The van der Waals surface area contributed by atoms with Gasteiger partial charge in [-0.15, -0.1) is 5.10 Å². The highest BCUT2D eigenvalue weighted by atomic mass is 32.1. The van der Waals surface area contributed by atoms with Gasteiger partial charge in [-0.2, -0.15) is 0 Å². The van der Waals surface area contributed by atoms with Crippen LogP contribution in [0.4, 0.5) is 9.52 Å². The van der Waals surface area contributed by atoms with Gasteiger partial charge in [-0.25, -0.2) is 14.1 Å². The number of halogens is 1. The lowest BCUT2D eigenvalue weighted by Gasteiger charge is -2.22. The Morgan fingerprint density at radius 3 is 2.90 bits per heavy atom. The van der Waals surface area contributed by atoms with E-state index in [1.807, 2.05) is 18.2 Å². The maximum absolute atomic E-state index is 13.5. The Bertz CT molecular complexity index is 1190. The Labute approximate surface area is 175 Å². The van der Waals surface area contributed by atoms with Crippen molar-refractivity contribution in [2.24, 2.45) is 0 Å². The van der Waals surface area contributed by atoms with Crippen molar-refractivity contribution in [2.75, 3.05) is 5.32 Å². The Morgan fingerprint density at radius 1 is 1.17 bits per heavy atom. The number of para-hydroxylation sites is 1. The maximum Gasteiger partial charge on any atom is 0.253 e. The quantitative estimate of drug-likeness (QED) is 0.511. The zero-order chi connectivity index (χ0) is 20.5. The third-order valence-electron chi connectivity index (χ3n) is 5.31. The number of carbonyl (C=O) groups excluding carboxylic acids is 1. The molecule has 1 saturated carbocycles. The molecule has 5 rings (SSSR count). The number of hydrogen-bond acceptors (Lipinski definition) is 6. The molecule has 1 amide bonds. The summed E-state index contributed by atoms with van der Waals surface area (Å²) >= 11 is 1.42. The summed E-state index contributed by atoms with van der Waals surface area (Å²) in [5.41, 5.74) is 2.00. The minimum absolute atomic E-state index is 0.0231. The van der Waals surface area contributed by atoms with Gasteiger partial charge in [0.2, 0.25) is 0 Å². The summed E-state index contributed by atoms with van der Waals surface area (Å²) in [5, 5.41) is 15.2. The van der Waals surface area contributed by atoms with Gasteiger partial charge < -0.3 is 10.6 Å². The molecule has 7 nitrogen and oxygen atoms in total. The molecule has 9 heteroatoms. The lowest BCUT2D eigenvalue weighted by Crippen LogP contribution is -2.43. The number of aromatic nitrogens is 4. The number of fused-ring (bicyclic) bond motifs is 1. The van der Waals surface area contributed by atoms with Crippen LogP contribution in [-0.2, 0) is 0 Å². The highest BCUT2D eigenvalue weighted by molar-refractivity contribution is 7.22. The number of benzene rings is 2. The van der Waals surface area contributed by atoms with E-state index in [1.165, 1.54) is 23.5 Å². The van der Waals surface area contributed by atoms with E-state index in [9.17, 15) is 9.18 Å². The summed E-state index contributed by atoms with van der Waals surface area (Å²) in [6.07, 6.45) is 6.11. The van der Waals surface area contributed by atoms with Crippen molar-refractivity contribution in [3.8, 4) is 5.69 Å². The van der Waals surface area contributed by atoms with Gasteiger partial charge in [0.25, 0.3) is 5.91 Å². The van der Waals surface area contributed by atoms with Gasteiger partial charge in [-0.05, 0) is 49.6 Å². The summed E-state index contributed by atoms with van der Waals surface area (Å²) in [5.74, 6) is -0.416. The highest BCUT2D eigenvalue weighted by Crippen LogP contribution is 2.30. The van der Waals surface area contributed by atoms with Crippen molar-refractivity contribution in [3.05, 3.63) is 66.2 Å². The summed E-state index contributed by atoms with van der Waals surface area (Å²) in [7, 11) is 0. The van der Waals surface area contributed by atoms with E-state index in [2.05, 4.69) is 25.9 Å². The van der Waals surface area contributed by atoms with Crippen LogP contribution in [0.2, 0.25) is 0 Å². The molecule has 2 heterocycles. The predicted molar refractivity (Wildman–Crippen MR) is 113 cm³/mol. The van der Waals surface area contributed by atoms with Crippen molar-refractivity contribution in [1.82, 2.24) is 25.3 Å². The fraction of sp³-hybridized carbons (Fsp3) is 0.238. The number of rotatable bonds is 5. The molecule has 1 fully saturated rings. The summed E-state index contributed by atoms with van der Waals surface area (Å²) < 4.78 is 15.8. The van der Waals surface area contributed by atoms with E-state index in [1.54, 1.807) is 29.2 Å². The largest absolute Gasteiger partial charge is 0.357 e. The number of amides is 1. The normalized spacial score (nSPS) is 18.6. The second-order valence-corrected chi connectivity index (χ2v) is 8.29. The summed E-state index contributed by atoms with van der Waals surface area (Å²) in [4.78, 5) is 17.6. The minimum Gasteiger partial charge on any atom is -0.357 e. The Hall–Kier alpha value is -3.33. The Balaban J connectivity index is 1.33. The van der Waals surface area contributed by atoms with Crippen molar-refractivity contribution in [2.45, 2.75) is 31.3 Å². The number of nitrogens with one attached hydrogen (secondary N) is 2. The number of carbonyl (C=O) groups is 1. The van der Waals surface area contributed by atoms with Crippen LogP contribution in [-0.4, -0.2) is 38.0 Å². The molecule has 0 spiro atoms. The van der Waals surface area contributed by atoms with Crippen LogP contribution in [0.3, 0.4) is 0 Å². The van der Waals surface area contributed by atoms with Crippen molar-refractivity contribution in [3.63, 3.8) is 0 Å². The van der Waals surface area contributed by atoms with Crippen LogP contribution in [0.5, 0.6) is 0 Å². The molecule has 0 unspecified atom stereocenters. The Kier molecular flexibility index (Phi) is 4.88. The second kappa shape index (κ2) is 7.83. The smallest absolute Gasteiger partial charge is 0.253 e. The van der Waals surface area contributed by atoms with E-state index in [4.69, 9.17) is 0 Å². The molecule has 2 atom stereocenters. The number of hydrogen-bond donors (Lipinski definition) is 2. The summed E-state index contributed by atoms with van der Waals surface area (Å²) in [6, 6.07) is 12.0. The van der Waals surface area contributed by atoms with Gasteiger partial charge in [-0.1, -0.05) is 28.7 Å². The average Bonchev–Trinajstić information content (AvgIpc) is 3.49. The molecule has 0 saturated heterocycles. The van der Waals surface area contributed by atoms with Gasteiger partial charge in [0.05, 0.1) is 33.9 Å². The molecular weight excluding hydrogens is 403 g/mol. The van der Waals surface area contributed by atoms with Gasteiger partial charge in [0.15, 0.2) is 5.13 Å². The van der Waals surface area contributed by atoms with Crippen LogP contribution in [0.1, 0.15) is 29.6 Å². The maximum atomic E-state index is 13.5. The molecule has 0 radical (unpaired) electrons. The molecule has 0 aliphatic heterocycles. The van der Waals surface area contributed by atoms with Crippen molar-refractivity contribution in [1.29, 1.82) is 0 Å².